The summed E-state index contributed by atoms with van der Waals surface area (Å²) in [6, 6.07) is 5.20. The monoisotopic (exact) mass is 398 g/mol. The minimum atomic E-state index is -3.79. The summed E-state index contributed by atoms with van der Waals surface area (Å²) in [7, 11) is -2.27. The van der Waals surface area contributed by atoms with Crippen LogP contribution in [0.2, 0.25) is 0 Å². The maximum absolute atomic E-state index is 12.7. The summed E-state index contributed by atoms with van der Waals surface area (Å²) in [5, 5.41) is 0. The van der Waals surface area contributed by atoms with Gasteiger partial charge < -0.3 is 19.1 Å². The first-order valence-electron chi connectivity index (χ1n) is 9.09. The minimum Gasteiger partial charge on any atom is -0.497 e. The third-order valence-corrected chi connectivity index (χ3v) is 6.51. The fourth-order valence-corrected chi connectivity index (χ4v) is 4.62. The van der Waals surface area contributed by atoms with Crippen molar-refractivity contribution in [2.45, 2.75) is 37.0 Å². The van der Waals surface area contributed by atoms with Crippen molar-refractivity contribution >= 4 is 15.9 Å². The lowest BCUT2D eigenvalue weighted by Crippen LogP contribution is -2.50. The molecule has 2 saturated heterocycles. The summed E-state index contributed by atoms with van der Waals surface area (Å²) in [4.78, 5) is 14.4. The molecule has 0 unspecified atom stereocenters. The summed E-state index contributed by atoms with van der Waals surface area (Å²) >= 11 is 0. The highest BCUT2D eigenvalue weighted by Crippen LogP contribution is 2.26. The van der Waals surface area contributed by atoms with Crippen LogP contribution in [0.25, 0.3) is 0 Å². The number of hydrogen-bond acceptors (Lipinski definition) is 6. The molecule has 1 aromatic rings. The average molecular weight is 398 g/mol. The first-order valence-corrected chi connectivity index (χ1v) is 10.6. The number of nitrogens with zero attached hydrogens (tertiary/aromatic N) is 1. The van der Waals surface area contributed by atoms with E-state index in [0.29, 0.717) is 32.1 Å². The van der Waals surface area contributed by atoms with Gasteiger partial charge in [-0.15, -0.1) is 0 Å². The van der Waals surface area contributed by atoms with Crippen LogP contribution >= 0.6 is 0 Å². The van der Waals surface area contributed by atoms with Gasteiger partial charge in [0.25, 0.3) is 0 Å². The van der Waals surface area contributed by atoms with Crippen LogP contribution < -0.4 is 9.46 Å². The number of hydrogen-bond donors (Lipinski definition) is 1. The van der Waals surface area contributed by atoms with Crippen LogP contribution in [0.5, 0.6) is 5.75 Å². The summed E-state index contributed by atoms with van der Waals surface area (Å²) in [5.41, 5.74) is 0. The molecule has 0 aliphatic carbocycles. The van der Waals surface area contributed by atoms with Crippen molar-refractivity contribution in [2.24, 2.45) is 5.92 Å². The van der Waals surface area contributed by atoms with Gasteiger partial charge in [0.1, 0.15) is 5.75 Å². The predicted octanol–water partition coefficient (Wildman–Crippen LogP) is 0.973. The van der Waals surface area contributed by atoms with Gasteiger partial charge in [-0.05, 0) is 44.0 Å². The fourth-order valence-electron chi connectivity index (χ4n) is 3.42. The van der Waals surface area contributed by atoms with E-state index in [9.17, 15) is 13.2 Å². The van der Waals surface area contributed by atoms with Crippen LogP contribution in [0.15, 0.2) is 29.2 Å². The Hall–Kier alpha value is -1.68. The van der Waals surface area contributed by atoms with E-state index in [4.69, 9.17) is 14.2 Å². The van der Waals surface area contributed by atoms with Gasteiger partial charge in [-0.3, -0.25) is 4.79 Å². The lowest BCUT2D eigenvalue weighted by atomic mass is 9.96. The van der Waals surface area contributed by atoms with Crippen LogP contribution in [0.4, 0.5) is 0 Å². The van der Waals surface area contributed by atoms with Crippen LogP contribution in [0.1, 0.15) is 19.8 Å². The second-order valence-electron chi connectivity index (χ2n) is 6.79. The van der Waals surface area contributed by atoms with Gasteiger partial charge in [0, 0.05) is 19.0 Å². The van der Waals surface area contributed by atoms with Gasteiger partial charge in [-0.25, -0.2) is 8.42 Å². The number of methoxy groups -OCH3 is 1. The molecule has 0 bridgehead atoms. The lowest BCUT2D eigenvalue weighted by Gasteiger charge is -2.35. The number of sulfonamides is 1. The smallest absolute Gasteiger partial charge is 0.241 e. The molecular weight excluding hydrogens is 372 g/mol. The average Bonchev–Trinajstić information content (AvgIpc) is 3.22. The van der Waals surface area contributed by atoms with Gasteiger partial charge in [-0.2, -0.15) is 4.72 Å². The van der Waals surface area contributed by atoms with E-state index in [-0.39, 0.29) is 23.0 Å². The second kappa shape index (κ2) is 8.55. The molecule has 1 N–H and O–H groups in total. The third-order valence-electron chi connectivity index (χ3n) is 4.96. The van der Waals surface area contributed by atoms with E-state index in [1.165, 1.54) is 19.2 Å². The van der Waals surface area contributed by atoms with Crippen LogP contribution in [-0.4, -0.2) is 65.0 Å². The molecule has 150 valence electrons. The van der Waals surface area contributed by atoms with E-state index >= 15 is 0 Å². The summed E-state index contributed by atoms with van der Waals surface area (Å²) < 4.78 is 43.6. The molecule has 2 fully saturated rings. The van der Waals surface area contributed by atoms with E-state index in [1.54, 1.807) is 24.0 Å². The van der Waals surface area contributed by atoms with Gasteiger partial charge in [0.15, 0.2) is 6.29 Å². The first-order chi connectivity index (χ1) is 12.9. The Morgan fingerprint density at radius 2 is 1.78 bits per heavy atom. The summed E-state index contributed by atoms with van der Waals surface area (Å²) in [5.74, 6) is 0.623. The highest BCUT2D eigenvalue weighted by atomic mass is 32.2. The normalized spacial score (nSPS) is 20.6. The van der Waals surface area contributed by atoms with Crippen molar-refractivity contribution < 1.29 is 27.4 Å². The minimum absolute atomic E-state index is 0.0946. The SMILES string of the molecule is COc1ccc(S(=O)(=O)N[C@@H](C)C(=O)N2CCC(C3OCCO3)CC2)cc1. The number of piperidine rings is 1. The Bertz CT molecular complexity index is 738. The zero-order chi connectivity index (χ0) is 19.4. The maximum Gasteiger partial charge on any atom is 0.241 e. The Balaban J connectivity index is 1.55. The Labute approximate surface area is 159 Å². The Kier molecular flexibility index (Phi) is 6.36. The van der Waals surface area contributed by atoms with Crippen LogP contribution in [0.3, 0.4) is 0 Å². The molecule has 8 nitrogen and oxygen atoms in total. The molecule has 2 heterocycles. The number of likely N-dealkylation sites (tertiary alicyclic amines) is 1. The largest absolute Gasteiger partial charge is 0.497 e. The number of rotatable bonds is 6. The Morgan fingerprint density at radius 1 is 1.19 bits per heavy atom. The second-order valence-corrected chi connectivity index (χ2v) is 8.51. The molecule has 1 amide bonds. The number of carbonyl (C=O) groups excluding carboxylic acids is 1. The fraction of sp³-hybridized carbons (Fsp3) is 0.611. The molecule has 1 aromatic carbocycles. The third kappa shape index (κ3) is 4.78. The summed E-state index contributed by atoms with van der Waals surface area (Å²) in [6.45, 7) is 3.95. The zero-order valence-electron chi connectivity index (χ0n) is 15.6. The van der Waals surface area contributed by atoms with Crippen molar-refractivity contribution in [3.05, 3.63) is 24.3 Å². The molecule has 2 aliphatic rings. The van der Waals surface area contributed by atoms with Gasteiger partial charge >= 0.3 is 0 Å². The topological polar surface area (TPSA) is 94.2 Å². The van der Waals surface area contributed by atoms with Crippen molar-refractivity contribution in [3.63, 3.8) is 0 Å². The highest BCUT2D eigenvalue weighted by Gasteiger charge is 2.33. The maximum atomic E-state index is 12.7. The van der Waals surface area contributed by atoms with E-state index < -0.39 is 16.1 Å². The molecule has 0 aromatic heterocycles. The molecule has 2 aliphatic heterocycles. The lowest BCUT2D eigenvalue weighted by molar-refractivity contribution is -0.138. The molecule has 0 radical (unpaired) electrons. The quantitative estimate of drug-likeness (QED) is 0.768. The molecule has 0 spiro atoms. The molecular formula is C18H26N2O6S. The number of amides is 1. The summed E-state index contributed by atoms with van der Waals surface area (Å²) in [6.07, 6.45) is 1.40. The Morgan fingerprint density at radius 3 is 2.33 bits per heavy atom. The standard InChI is InChI=1S/C18H26N2O6S/c1-13(19-27(22,23)16-5-3-15(24-2)4-6-16)17(21)20-9-7-14(8-10-20)18-25-11-12-26-18/h3-6,13-14,18-19H,7-12H2,1-2H3/t13-/m0/s1. The van der Waals surface area contributed by atoms with Crippen LogP contribution in [0, 0.1) is 5.92 Å². The van der Waals surface area contributed by atoms with Crippen molar-refractivity contribution in [2.75, 3.05) is 33.4 Å². The molecule has 0 saturated carbocycles. The molecule has 27 heavy (non-hydrogen) atoms. The van der Waals surface area contributed by atoms with Gasteiger partial charge in [0.2, 0.25) is 15.9 Å². The number of carbonyl (C=O) groups is 1. The van der Waals surface area contributed by atoms with E-state index in [2.05, 4.69) is 4.72 Å². The molecule has 1 atom stereocenters. The van der Waals surface area contributed by atoms with Crippen molar-refractivity contribution in [1.82, 2.24) is 9.62 Å². The van der Waals surface area contributed by atoms with Crippen molar-refractivity contribution in [3.8, 4) is 5.75 Å². The van der Waals surface area contributed by atoms with Gasteiger partial charge in [0.05, 0.1) is 31.3 Å². The highest BCUT2D eigenvalue weighted by molar-refractivity contribution is 7.89. The van der Waals surface area contributed by atoms with E-state index in [1.807, 2.05) is 0 Å². The molecule has 3 rings (SSSR count). The van der Waals surface area contributed by atoms with E-state index in [0.717, 1.165) is 12.8 Å². The van der Waals surface area contributed by atoms with Gasteiger partial charge in [-0.1, -0.05) is 0 Å². The first kappa shape index (κ1) is 20.1. The molecule has 9 heteroatoms. The van der Waals surface area contributed by atoms with Crippen molar-refractivity contribution in [1.29, 1.82) is 0 Å². The predicted molar refractivity (Wildman–Crippen MR) is 97.8 cm³/mol. The number of ether oxygens (including phenoxy) is 3. The number of benzene rings is 1. The zero-order valence-corrected chi connectivity index (χ0v) is 16.4. The van der Waals surface area contributed by atoms with Crippen LogP contribution in [-0.2, 0) is 24.3 Å². The number of nitrogens with one attached hydrogen (secondary N) is 1.